The molecule has 1 N–H and O–H groups in total. The first-order valence-corrected chi connectivity index (χ1v) is 8.59. The number of rotatable bonds is 8. The second-order valence-corrected chi connectivity index (χ2v) is 7.09. The van der Waals surface area contributed by atoms with Gasteiger partial charge in [0.05, 0.1) is 22.6 Å². The zero-order valence-corrected chi connectivity index (χ0v) is 14.3. The minimum Gasteiger partial charge on any atom is -0.496 e. The smallest absolute Gasteiger partial charge is 0.240 e. The third kappa shape index (κ3) is 5.40. The van der Waals surface area contributed by atoms with E-state index in [1.54, 1.807) is 6.07 Å². The Bertz CT molecular complexity index is 531. The van der Waals surface area contributed by atoms with E-state index in [-0.39, 0.29) is 11.0 Å². The first-order chi connectivity index (χ1) is 9.36. The fourth-order valence-corrected chi connectivity index (χ4v) is 3.29. The SMILES string of the molecule is COc1ccc(S(=O)(=O)NCCCOC(C)C)cc1Br. The second kappa shape index (κ2) is 7.97. The molecule has 0 radical (unpaired) electrons. The fourth-order valence-electron chi connectivity index (χ4n) is 1.50. The van der Waals surface area contributed by atoms with Gasteiger partial charge in [-0.25, -0.2) is 13.1 Å². The Labute approximate surface area is 128 Å². The van der Waals surface area contributed by atoms with Gasteiger partial charge in [-0.1, -0.05) is 0 Å². The van der Waals surface area contributed by atoms with Crippen molar-refractivity contribution in [1.82, 2.24) is 4.72 Å². The summed E-state index contributed by atoms with van der Waals surface area (Å²) in [5.74, 6) is 0.592. The van der Waals surface area contributed by atoms with Gasteiger partial charge in [0.1, 0.15) is 5.75 Å². The van der Waals surface area contributed by atoms with E-state index in [9.17, 15) is 8.42 Å². The molecule has 1 aromatic carbocycles. The van der Waals surface area contributed by atoms with Gasteiger partial charge < -0.3 is 9.47 Å². The van der Waals surface area contributed by atoms with Crippen molar-refractivity contribution < 1.29 is 17.9 Å². The van der Waals surface area contributed by atoms with E-state index < -0.39 is 10.0 Å². The molecule has 0 saturated carbocycles. The van der Waals surface area contributed by atoms with E-state index in [1.165, 1.54) is 19.2 Å². The van der Waals surface area contributed by atoms with E-state index in [0.29, 0.717) is 29.8 Å². The highest BCUT2D eigenvalue weighted by Gasteiger charge is 2.15. The summed E-state index contributed by atoms with van der Waals surface area (Å²) in [5.41, 5.74) is 0. The molecule has 0 aliphatic rings. The van der Waals surface area contributed by atoms with Gasteiger partial charge in [0, 0.05) is 13.2 Å². The molecule has 5 nitrogen and oxygen atoms in total. The summed E-state index contributed by atoms with van der Waals surface area (Å²) in [6.45, 7) is 4.77. The van der Waals surface area contributed by atoms with Crippen molar-refractivity contribution in [2.75, 3.05) is 20.3 Å². The third-order valence-electron chi connectivity index (χ3n) is 2.50. The van der Waals surface area contributed by atoms with Crippen LogP contribution in [0.4, 0.5) is 0 Å². The van der Waals surface area contributed by atoms with E-state index in [2.05, 4.69) is 20.7 Å². The Kier molecular flexibility index (Phi) is 6.94. The lowest BCUT2D eigenvalue weighted by Gasteiger charge is -2.10. The molecule has 7 heteroatoms. The summed E-state index contributed by atoms with van der Waals surface area (Å²) in [7, 11) is -1.97. The van der Waals surface area contributed by atoms with Crippen LogP contribution in [0.3, 0.4) is 0 Å². The maximum absolute atomic E-state index is 12.1. The summed E-state index contributed by atoms with van der Waals surface area (Å²) in [5, 5.41) is 0. The summed E-state index contributed by atoms with van der Waals surface area (Å²) in [6, 6.07) is 4.64. The van der Waals surface area contributed by atoms with Gasteiger partial charge in [-0.05, 0) is 54.4 Å². The maximum atomic E-state index is 12.1. The number of sulfonamides is 1. The standard InChI is InChI=1S/C13H20BrNO4S/c1-10(2)19-8-4-7-15-20(16,17)11-5-6-13(18-3)12(14)9-11/h5-6,9-10,15H,4,7-8H2,1-3H3. The Morgan fingerprint density at radius 1 is 1.35 bits per heavy atom. The number of methoxy groups -OCH3 is 1. The largest absolute Gasteiger partial charge is 0.496 e. The number of hydrogen-bond acceptors (Lipinski definition) is 4. The van der Waals surface area contributed by atoms with Gasteiger partial charge in [0.2, 0.25) is 10.0 Å². The first kappa shape index (κ1) is 17.4. The zero-order chi connectivity index (χ0) is 15.2. The molecule has 0 heterocycles. The summed E-state index contributed by atoms with van der Waals surface area (Å²) in [6.07, 6.45) is 0.790. The van der Waals surface area contributed by atoms with Crippen molar-refractivity contribution in [3.63, 3.8) is 0 Å². The molecule has 1 rings (SSSR count). The van der Waals surface area contributed by atoms with Crippen LogP contribution in [0.2, 0.25) is 0 Å². The molecule has 114 valence electrons. The molecular weight excluding hydrogens is 346 g/mol. The minimum atomic E-state index is -3.50. The number of benzene rings is 1. The van der Waals surface area contributed by atoms with Crippen molar-refractivity contribution in [3.05, 3.63) is 22.7 Å². The zero-order valence-electron chi connectivity index (χ0n) is 11.8. The molecular formula is C13H20BrNO4S. The molecule has 0 unspecified atom stereocenters. The molecule has 0 spiro atoms. The van der Waals surface area contributed by atoms with Crippen LogP contribution < -0.4 is 9.46 Å². The lowest BCUT2D eigenvalue weighted by Crippen LogP contribution is -2.25. The van der Waals surface area contributed by atoms with E-state index >= 15 is 0 Å². The lowest BCUT2D eigenvalue weighted by molar-refractivity contribution is 0.0778. The number of halogens is 1. The Morgan fingerprint density at radius 3 is 2.60 bits per heavy atom. The minimum absolute atomic E-state index is 0.157. The van der Waals surface area contributed by atoms with E-state index in [4.69, 9.17) is 9.47 Å². The molecule has 0 aliphatic heterocycles. The van der Waals surface area contributed by atoms with Crippen molar-refractivity contribution in [2.45, 2.75) is 31.3 Å². The predicted molar refractivity (Wildman–Crippen MR) is 81.6 cm³/mol. The number of nitrogens with one attached hydrogen (secondary N) is 1. The molecule has 0 saturated heterocycles. The van der Waals surface area contributed by atoms with Crippen molar-refractivity contribution in [2.24, 2.45) is 0 Å². The molecule has 0 bridgehead atoms. The van der Waals surface area contributed by atoms with Crippen LogP contribution in [0.25, 0.3) is 0 Å². The predicted octanol–water partition coefficient (Wildman–Crippen LogP) is 2.55. The topological polar surface area (TPSA) is 64.6 Å². The highest BCUT2D eigenvalue weighted by molar-refractivity contribution is 9.10. The van der Waals surface area contributed by atoms with Gasteiger partial charge >= 0.3 is 0 Å². The average molecular weight is 366 g/mol. The van der Waals surface area contributed by atoms with Gasteiger partial charge in [-0.2, -0.15) is 0 Å². The van der Waals surface area contributed by atoms with Gasteiger partial charge in [0.25, 0.3) is 0 Å². The molecule has 1 aromatic rings. The molecule has 0 amide bonds. The fraction of sp³-hybridized carbons (Fsp3) is 0.538. The van der Waals surface area contributed by atoms with Crippen LogP contribution in [0.5, 0.6) is 5.75 Å². The van der Waals surface area contributed by atoms with Crippen LogP contribution in [0, 0.1) is 0 Å². The van der Waals surface area contributed by atoms with E-state index in [1.807, 2.05) is 13.8 Å². The molecule has 0 aliphatic carbocycles. The normalized spacial score (nSPS) is 11.8. The van der Waals surface area contributed by atoms with Gasteiger partial charge in [-0.3, -0.25) is 0 Å². The van der Waals surface area contributed by atoms with Crippen LogP contribution in [-0.2, 0) is 14.8 Å². The highest BCUT2D eigenvalue weighted by atomic mass is 79.9. The van der Waals surface area contributed by atoms with Crippen molar-refractivity contribution >= 4 is 26.0 Å². The Hall–Kier alpha value is -0.630. The van der Waals surface area contributed by atoms with Crippen LogP contribution >= 0.6 is 15.9 Å². The summed E-state index contributed by atoms with van der Waals surface area (Å²) >= 11 is 3.27. The van der Waals surface area contributed by atoms with Crippen LogP contribution in [0.15, 0.2) is 27.6 Å². The second-order valence-electron chi connectivity index (χ2n) is 4.47. The Morgan fingerprint density at radius 2 is 2.05 bits per heavy atom. The van der Waals surface area contributed by atoms with E-state index in [0.717, 1.165) is 0 Å². The average Bonchev–Trinajstić information content (AvgIpc) is 2.37. The number of ether oxygens (including phenoxy) is 2. The van der Waals surface area contributed by atoms with Gasteiger partial charge in [0.15, 0.2) is 0 Å². The summed E-state index contributed by atoms with van der Waals surface area (Å²) in [4.78, 5) is 0.204. The van der Waals surface area contributed by atoms with Crippen LogP contribution in [0.1, 0.15) is 20.3 Å². The van der Waals surface area contributed by atoms with Crippen molar-refractivity contribution in [3.8, 4) is 5.75 Å². The first-order valence-electron chi connectivity index (χ1n) is 6.31. The molecule has 0 fully saturated rings. The summed E-state index contributed by atoms with van der Waals surface area (Å²) < 4.78 is 37.7. The highest BCUT2D eigenvalue weighted by Crippen LogP contribution is 2.27. The Balaban J connectivity index is 2.58. The third-order valence-corrected chi connectivity index (χ3v) is 4.58. The molecule has 0 atom stereocenters. The lowest BCUT2D eigenvalue weighted by atomic mass is 10.3. The maximum Gasteiger partial charge on any atom is 0.240 e. The van der Waals surface area contributed by atoms with Gasteiger partial charge in [-0.15, -0.1) is 0 Å². The monoisotopic (exact) mass is 365 g/mol. The molecule has 0 aromatic heterocycles. The number of hydrogen-bond donors (Lipinski definition) is 1. The quantitative estimate of drug-likeness (QED) is 0.719. The molecule has 20 heavy (non-hydrogen) atoms. The van der Waals surface area contributed by atoms with Crippen molar-refractivity contribution in [1.29, 1.82) is 0 Å². The van der Waals surface area contributed by atoms with Crippen LogP contribution in [-0.4, -0.2) is 34.8 Å².